The number of urea groups is 1. The van der Waals surface area contributed by atoms with Gasteiger partial charge in [0.1, 0.15) is 11.4 Å². The summed E-state index contributed by atoms with van der Waals surface area (Å²) in [4.78, 5) is 22.0. The molecular weight excluding hydrogens is 208 g/mol. The second kappa shape index (κ2) is 4.06. The molecule has 0 spiro atoms. The molecule has 3 amide bonds. The molecule has 3 N–H and O–H groups in total. The number of imide groups is 1. The van der Waals surface area contributed by atoms with Crippen LogP contribution in [0.3, 0.4) is 0 Å². The van der Waals surface area contributed by atoms with E-state index in [0.29, 0.717) is 6.42 Å². The van der Waals surface area contributed by atoms with Gasteiger partial charge in [-0.1, -0.05) is 18.2 Å². The van der Waals surface area contributed by atoms with Gasteiger partial charge in [0, 0.05) is 0 Å². The van der Waals surface area contributed by atoms with Crippen molar-refractivity contribution in [1.82, 2.24) is 10.6 Å². The second-order valence-corrected chi connectivity index (χ2v) is 3.40. The van der Waals surface area contributed by atoms with E-state index in [9.17, 15) is 14.7 Å². The van der Waals surface area contributed by atoms with Crippen molar-refractivity contribution < 1.29 is 14.7 Å². The molecule has 1 aliphatic heterocycles. The minimum Gasteiger partial charge on any atom is -0.508 e. The summed E-state index contributed by atoms with van der Waals surface area (Å²) >= 11 is 0. The van der Waals surface area contributed by atoms with E-state index in [1.54, 1.807) is 24.3 Å². The molecule has 1 heterocycles. The highest BCUT2D eigenvalue weighted by Crippen LogP contribution is 2.12. The van der Waals surface area contributed by atoms with Crippen LogP contribution in [0.1, 0.15) is 5.56 Å². The summed E-state index contributed by atoms with van der Waals surface area (Å²) in [5.41, 5.74) is 1.11. The summed E-state index contributed by atoms with van der Waals surface area (Å²) < 4.78 is 0. The van der Waals surface area contributed by atoms with Gasteiger partial charge < -0.3 is 10.4 Å². The van der Waals surface area contributed by atoms with Gasteiger partial charge in [0.05, 0.1) is 0 Å². The number of hydrogen-bond donors (Lipinski definition) is 3. The smallest absolute Gasteiger partial charge is 0.326 e. The lowest BCUT2D eigenvalue weighted by atomic mass is 10.1. The van der Waals surface area contributed by atoms with E-state index < -0.39 is 11.9 Å². The molecule has 16 heavy (non-hydrogen) atoms. The van der Waals surface area contributed by atoms with Gasteiger partial charge in [-0.15, -0.1) is 0 Å². The first kappa shape index (κ1) is 10.2. The van der Waals surface area contributed by atoms with Gasteiger partial charge >= 0.3 is 6.03 Å². The molecule has 1 saturated heterocycles. The maximum atomic E-state index is 11.2. The van der Waals surface area contributed by atoms with Crippen molar-refractivity contribution in [3.8, 4) is 5.75 Å². The Morgan fingerprint density at radius 2 is 2.06 bits per heavy atom. The zero-order valence-corrected chi connectivity index (χ0v) is 8.36. The molecule has 5 nitrogen and oxygen atoms in total. The number of aromatic hydroxyl groups is 1. The first-order valence-corrected chi connectivity index (χ1v) is 4.75. The Kier molecular flexibility index (Phi) is 2.59. The number of phenolic OH excluding ortho intramolecular Hbond substituents is 1. The molecule has 0 unspecified atom stereocenters. The molecule has 1 fully saturated rings. The average molecular weight is 218 g/mol. The SMILES string of the molecule is O=C1NC(=O)/C(=C/Cc2cccc(O)c2)N1. The third-order valence-electron chi connectivity index (χ3n) is 2.17. The summed E-state index contributed by atoms with van der Waals surface area (Å²) in [5.74, 6) is -0.249. The molecule has 0 atom stereocenters. The lowest BCUT2D eigenvalue weighted by Gasteiger charge is -1.98. The highest BCUT2D eigenvalue weighted by Gasteiger charge is 2.22. The summed E-state index contributed by atoms with van der Waals surface area (Å²) in [7, 11) is 0. The Balaban J connectivity index is 2.09. The molecule has 0 aliphatic carbocycles. The maximum Gasteiger partial charge on any atom is 0.326 e. The number of allylic oxidation sites excluding steroid dienone is 1. The van der Waals surface area contributed by atoms with Crippen LogP contribution < -0.4 is 10.6 Å². The molecular formula is C11H10N2O3. The second-order valence-electron chi connectivity index (χ2n) is 3.40. The van der Waals surface area contributed by atoms with Crippen LogP contribution in [0.15, 0.2) is 36.0 Å². The zero-order valence-electron chi connectivity index (χ0n) is 8.36. The van der Waals surface area contributed by atoms with Crippen molar-refractivity contribution in [1.29, 1.82) is 0 Å². The minimum absolute atomic E-state index is 0.177. The first-order valence-electron chi connectivity index (χ1n) is 4.75. The van der Waals surface area contributed by atoms with E-state index in [1.807, 2.05) is 6.07 Å². The van der Waals surface area contributed by atoms with Crippen molar-refractivity contribution in [2.45, 2.75) is 6.42 Å². The Labute approximate surface area is 91.8 Å². The molecule has 1 aromatic carbocycles. The van der Waals surface area contributed by atoms with Crippen molar-refractivity contribution in [3.05, 3.63) is 41.6 Å². The maximum absolute atomic E-state index is 11.2. The lowest BCUT2D eigenvalue weighted by Crippen LogP contribution is -2.22. The predicted octanol–water partition coefficient (Wildman–Crippen LogP) is 0.658. The zero-order chi connectivity index (χ0) is 11.5. The van der Waals surface area contributed by atoms with Crippen molar-refractivity contribution >= 4 is 11.9 Å². The highest BCUT2D eigenvalue weighted by atomic mass is 16.3. The van der Waals surface area contributed by atoms with Crippen LogP contribution >= 0.6 is 0 Å². The molecule has 82 valence electrons. The third kappa shape index (κ3) is 2.20. The third-order valence-corrected chi connectivity index (χ3v) is 2.17. The normalized spacial score (nSPS) is 17.4. The van der Waals surface area contributed by atoms with Gasteiger partial charge in [-0.05, 0) is 24.1 Å². The van der Waals surface area contributed by atoms with E-state index in [2.05, 4.69) is 10.6 Å². The number of rotatable bonds is 2. The fourth-order valence-corrected chi connectivity index (χ4v) is 1.43. The van der Waals surface area contributed by atoms with Crippen LogP contribution in [0.4, 0.5) is 4.79 Å². The van der Waals surface area contributed by atoms with Gasteiger partial charge in [-0.25, -0.2) is 4.79 Å². The van der Waals surface area contributed by atoms with Gasteiger partial charge in [-0.3, -0.25) is 10.1 Å². The standard InChI is InChI=1S/C11H10N2O3/c14-8-3-1-2-7(6-8)4-5-9-10(15)13-11(16)12-9/h1-3,5-6,14H,4H2,(H2,12,13,15,16)/b9-5-. The summed E-state index contributed by atoms with van der Waals surface area (Å²) in [6.07, 6.45) is 2.08. The molecule has 0 saturated carbocycles. The lowest BCUT2D eigenvalue weighted by molar-refractivity contribution is -0.115. The van der Waals surface area contributed by atoms with Crippen LogP contribution in [-0.4, -0.2) is 17.0 Å². The van der Waals surface area contributed by atoms with Crippen LogP contribution in [0.25, 0.3) is 0 Å². The molecule has 0 radical (unpaired) electrons. The van der Waals surface area contributed by atoms with E-state index >= 15 is 0 Å². The fourth-order valence-electron chi connectivity index (χ4n) is 1.43. The number of amides is 3. The molecule has 1 aliphatic rings. The van der Waals surface area contributed by atoms with E-state index in [4.69, 9.17) is 0 Å². The Morgan fingerprint density at radius 1 is 1.25 bits per heavy atom. The van der Waals surface area contributed by atoms with Crippen molar-refractivity contribution in [3.63, 3.8) is 0 Å². The molecule has 1 aromatic rings. The summed E-state index contributed by atoms with van der Waals surface area (Å²) in [5, 5.41) is 13.7. The quantitative estimate of drug-likeness (QED) is 0.504. The van der Waals surface area contributed by atoms with E-state index in [1.165, 1.54) is 0 Å². The number of phenols is 1. The average Bonchev–Trinajstić information content (AvgIpc) is 2.54. The van der Waals surface area contributed by atoms with Crippen molar-refractivity contribution in [2.24, 2.45) is 0 Å². The molecule has 0 bridgehead atoms. The van der Waals surface area contributed by atoms with Crippen molar-refractivity contribution in [2.75, 3.05) is 0 Å². The number of hydrogen-bond acceptors (Lipinski definition) is 3. The predicted molar refractivity (Wildman–Crippen MR) is 56.6 cm³/mol. The van der Waals surface area contributed by atoms with E-state index in [0.717, 1.165) is 5.56 Å². The Hall–Kier alpha value is -2.30. The molecule has 2 rings (SSSR count). The first-order chi connectivity index (χ1) is 7.65. The van der Waals surface area contributed by atoms with Gasteiger partial charge in [0.25, 0.3) is 5.91 Å². The van der Waals surface area contributed by atoms with Crippen LogP contribution in [0, 0.1) is 0 Å². The van der Waals surface area contributed by atoms with Crippen LogP contribution in [0.2, 0.25) is 0 Å². The number of carbonyl (C=O) groups excluding carboxylic acids is 2. The van der Waals surface area contributed by atoms with Gasteiger partial charge in [0.15, 0.2) is 0 Å². The van der Waals surface area contributed by atoms with Crippen LogP contribution in [0.5, 0.6) is 5.75 Å². The highest BCUT2D eigenvalue weighted by molar-refractivity contribution is 6.11. The topological polar surface area (TPSA) is 78.4 Å². The van der Waals surface area contributed by atoms with Gasteiger partial charge in [0.2, 0.25) is 0 Å². The molecule has 0 aromatic heterocycles. The number of carbonyl (C=O) groups is 2. The number of benzene rings is 1. The van der Waals surface area contributed by atoms with E-state index in [-0.39, 0.29) is 11.4 Å². The summed E-state index contributed by atoms with van der Waals surface area (Å²) in [6, 6.07) is 6.21. The monoisotopic (exact) mass is 218 g/mol. The Morgan fingerprint density at radius 3 is 2.69 bits per heavy atom. The molecule has 5 heteroatoms. The minimum atomic E-state index is -0.507. The summed E-state index contributed by atoms with van der Waals surface area (Å²) in [6.45, 7) is 0. The number of nitrogens with one attached hydrogen (secondary N) is 2. The van der Waals surface area contributed by atoms with Crippen LogP contribution in [-0.2, 0) is 11.2 Å². The fraction of sp³-hybridized carbons (Fsp3) is 0.0909. The largest absolute Gasteiger partial charge is 0.508 e. The Bertz CT molecular complexity index is 480. The van der Waals surface area contributed by atoms with Gasteiger partial charge in [-0.2, -0.15) is 0 Å².